The molecule has 19 rings (SSSR count). The molecular formula is C94H85Ir5N23O2-8. The van der Waals surface area contributed by atoms with Crippen LogP contribution in [0.2, 0.25) is 0 Å². The third-order valence-corrected chi connectivity index (χ3v) is 16.6. The summed E-state index contributed by atoms with van der Waals surface area (Å²) in [6.07, 6.45) is 37.3. The van der Waals surface area contributed by atoms with E-state index >= 15 is 0 Å². The number of rotatable bonds is 11. The van der Waals surface area contributed by atoms with Crippen LogP contribution in [0.5, 0.6) is 0 Å². The first kappa shape index (κ1) is 102. The summed E-state index contributed by atoms with van der Waals surface area (Å²) in [4.78, 5) is 45.6. The second-order valence-corrected chi connectivity index (χ2v) is 25.2. The molecule has 0 fully saturated rings. The number of nitrogens with zero attached hydrogens (tertiary/aromatic N) is 23. The number of para-hydroxylation sites is 1. The third-order valence-electron chi connectivity index (χ3n) is 16.6. The van der Waals surface area contributed by atoms with E-state index < -0.39 is 0 Å². The first-order valence-corrected chi connectivity index (χ1v) is 37.0. The van der Waals surface area contributed by atoms with Crippen LogP contribution < -0.4 is 4.80 Å². The van der Waals surface area contributed by atoms with Crippen LogP contribution in [0.1, 0.15) is 19.4 Å². The zero-order chi connectivity index (χ0) is 83.6. The summed E-state index contributed by atoms with van der Waals surface area (Å²) in [5.41, 5.74) is 9.98. The van der Waals surface area contributed by atoms with E-state index in [0.29, 0.717) is 5.57 Å². The van der Waals surface area contributed by atoms with Crippen LogP contribution in [-0.4, -0.2) is 118 Å². The van der Waals surface area contributed by atoms with Crippen LogP contribution in [0, 0.1) is 54.6 Å². The van der Waals surface area contributed by atoms with Crippen molar-refractivity contribution in [1.82, 2.24) is 107 Å². The predicted molar refractivity (Wildman–Crippen MR) is 457 cm³/mol. The number of hydrogen-bond acceptors (Lipinski definition) is 15. The van der Waals surface area contributed by atoms with Crippen molar-refractivity contribution >= 4 is 11.4 Å². The molecule has 0 amide bonds. The molecule has 25 nitrogen and oxygen atoms in total. The molecule has 0 atom stereocenters. The number of aromatic nitrogens is 23. The minimum absolute atomic E-state index is 0. The van der Waals surface area contributed by atoms with E-state index in [1.54, 1.807) is 107 Å². The Morgan fingerprint density at radius 2 is 0.726 bits per heavy atom. The van der Waals surface area contributed by atoms with Gasteiger partial charge in [-0.2, -0.15) is 45.6 Å². The molecule has 641 valence electrons. The number of benzene rings is 8. The second kappa shape index (κ2) is 56.0. The summed E-state index contributed by atoms with van der Waals surface area (Å²) in [7, 11) is 13.7. The molecule has 0 aliphatic rings. The van der Waals surface area contributed by atoms with Gasteiger partial charge in [0.05, 0.1) is 53.8 Å². The van der Waals surface area contributed by atoms with E-state index in [1.165, 1.54) is 20.2 Å². The molecule has 0 saturated heterocycles. The summed E-state index contributed by atoms with van der Waals surface area (Å²) in [6, 6.07) is 96.9. The minimum atomic E-state index is -0.119. The van der Waals surface area contributed by atoms with Crippen LogP contribution in [0.3, 0.4) is 0 Å². The molecule has 30 heteroatoms. The first-order chi connectivity index (χ1) is 58.2. The van der Waals surface area contributed by atoms with Crippen LogP contribution in [0.25, 0.3) is 91.0 Å². The number of aliphatic hydroxyl groups is 1. The zero-order valence-electron chi connectivity index (χ0n) is 68.7. The van der Waals surface area contributed by atoms with Crippen molar-refractivity contribution in [3.8, 4) is 85.4 Å². The van der Waals surface area contributed by atoms with Crippen LogP contribution in [-0.2, 0) is 155 Å². The van der Waals surface area contributed by atoms with Gasteiger partial charge in [-0.05, 0) is 37.4 Å². The molecule has 0 aliphatic carbocycles. The second-order valence-electron chi connectivity index (χ2n) is 25.2. The van der Waals surface area contributed by atoms with Crippen molar-refractivity contribution in [2.24, 2.45) is 49.3 Å². The summed E-state index contributed by atoms with van der Waals surface area (Å²) < 4.78 is 17.0. The number of hydrogen-bond donors (Lipinski definition) is 1. The largest absolute Gasteiger partial charge is 0.512 e. The van der Waals surface area contributed by atoms with Gasteiger partial charge in [0.2, 0.25) is 0 Å². The van der Waals surface area contributed by atoms with Gasteiger partial charge in [0, 0.05) is 227 Å². The van der Waals surface area contributed by atoms with Gasteiger partial charge in [0.15, 0.2) is 5.78 Å². The monoisotopic (exact) mass is 2530 g/mol. The SMILES string of the molecule is CC(=O)C(=C(C)O)c1ccccc1.Cn1ccn[n+]1-c1[c-]cncc1.Cn1ccnc1-c1[c-]cccc1.Cn1ccnc1-c1[c-]cccc1.Cn1ccnc1-c1[c-]cccc1.Cn1ccnc1-c1[c-]cccc1.Cn1ccnc1-c1[c-]cccc1.Cn1cnnc1-c1[c-]cccc1.[Ir].[Ir].[Ir].[Ir].[Ir].[c-]1ccccc1-n1cncn1.[c-]1cnccc1-n1cccn1. The molecule has 0 bridgehead atoms. The zero-order valence-corrected chi connectivity index (χ0v) is 80.7. The molecular weight excluding hydrogens is 2440 g/mol. The maximum absolute atomic E-state index is 11.2. The van der Waals surface area contributed by atoms with E-state index in [1.807, 2.05) is 331 Å². The maximum atomic E-state index is 11.2. The van der Waals surface area contributed by atoms with Gasteiger partial charge in [0.25, 0.3) is 0 Å². The number of imidazole rings is 5. The number of allylic oxidation sites excluding steroid dienone is 2. The first-order valence-electron chi connectivity index (χ1n) is 37.0. The van der Waals surface area contributed by atoms with Gasteiger partial charge < -0.3 is 42.5 Å². The van der Waals surface area contributed by atoms with Gasteiger partial charge in [-0.1, -0.05) is 48.9 Å². The van der Waals surface area contributed by atoms with Crippen LogP contribution in [0.15, 0.2) is 355 Å². The Morgan fingerprint density at radius 3 is 1.01 bits per heavy atom. The average Bonchev–Trinajstić information content (AvgIpc) is 1.85. The Hall–Kier alpha value is -12.8. The van der Waals surface area contributed by atoms with Gasteiger partial charge in [-0.25, -0.2) is 15.7 Å². The maximum Gasteiger partial charge on any atom is 0.163 e. The van der Waals surface area contributed by atoms with Crippen LogP contribution >= 0.6 is 0 Å². The molecule has 0 saturated carbocycles. The number of aryl methyl sites for hydroxylation is 7. The fourth-order valence-electron chi connectivity index (χ4n) is 10.8. The Balaban J connectivity index is 0.000000244. The van der Waals surface area contributed by atoms with Crippen molar-refractivity contribution in [3.05, 3.63) is 415 Å². The summed E-state index contributed by atoms with van der Waals surface area (Å²) in [6.45, 7) is 2.96. The fourth-order valence-corrected chi connectivity index (χ4v) is 10.8. The Morgan fingerprint density at radius 1 is 0.339 bits per heavy atom. The van der Waals surface area contributed by atoms with Gasteiger partial charge in [0.1, 0.15) is 36.6 Å². The molecule has 11 aromatic heterocycles. The van der Waals surface area contributed by atoms with Crippen LogP contribution in [0.4, 0.5) is 0 Å². The molecule has 0 spiro atoms. The van der Waals surface area contributed by atoms with Gasteiger partial charge in [-0.3, -0.25) is 34.4 Å². The Labute approximate surface area is 789 Å². The fraction of sp³-hybridized carbons (Fsp3) is 0.0957. The molecule has 0 unspecified atom stereocenters. The average molecular weight is 2530 g/mol. The van der Waals surface area contributed by atoms with Crippen molar-refractivity contribution in [1.29, 1.82) is 0 Å². The normalized spacial score (nSPS) is 9.85. The number of Topliss-reactive ketones (excluding diaryl/α,β-unsaturated/α-hetero) is 1. The Kier molecular flexibility index (Phi) is 45.9. The van der Waals surface area contributed by atoms with E-state index in [2.05, 4.69) is 120 Å². The van der Waals surface area contributed by atoms with Crippen molar-refractivity contribution < 1.29 is 115 Å². The molecule has 19 aromatic rings. The smallest absolute Gasteiger partial charge is 0.163 e. The molecule has 5 radical (unpaired) electrons. The summed E-state index contributed by atoms with van der Waals surface area (Å²) in [5, 5.41) is 29.2. The minimum Gasteiger partial charge on any atom is -0.512 e. The molecule has 11 heterocycles. The summed E-state index contributed by atoms with van der Waals surface area (Å²) >= 11 is 0. The molecule has 0 aliphatic heterocycles. The van der Waals surface area contributed by atoms with Crippen molar-refractivity contribution in [2.75, 3.05) is 0 Å². The van der Waals surface area contributed by atoms with E-state index in [9.17, 15) is 9.90 Å². The van der Waals surface area contributed by atoms with Crippen molar-refractivity contribution in [3.63, 3.8) is 0 Å². The van der Waals surface area contributed by atoms with E-state index in [0.717, 1.165) is 91.0 Å². The Bertz CT molecular complexity index is 5190. The topological polar surface area (TPSA) is 253 Å². The van der Waals surface area contributed by atoms with E-state index in [4.69, 9.17) is 0 Å². The third kappa shape index (κ3) is 32.2. The van der Waals surface area contributed by atoms with Gasteiger partial charge in [-0.15, -0.1) is 249 Å². The molecule has 1 N–H and O–H groups in total. The number of aliphatic hydroxyl groups excluding tert-OH is 1. The number of pyridine rings is 2. The molecule has 124 heavy (non-hydrogen) atoms. The van der Waals surface area contributed by atoms with Gasteiger partial charge >= 0.3 is 0 Å². The number of ketones is 1. The van der Waals surface area contributed by atoms with E-state index in [-0.39, 0.29) is 112 Å². The number of carbonyl (C=O) groups is 1. The quantitative estimate of drug-likeness (QED) is 0.0547. The van der Waals surface area contributed by atoms with Crippen molar-refractivity contribution in [2.45, 2.75) is 13.8 Å². The molecule has 8 aromatic carbocycles. The number of carbonyl (C=O) groups excluding carboxylic acids is 1. The predicted octanol–water partition coefficient (Wildman–Crippen LogP) is 15.3. The summed E-state index contributed by atoms with van der Waals surface area (Å²) in [5.74, 6) is 5.56. The standard InChI is InChI=1S/C11H12O2.5C10H9N2.C9H8N3.C8H8N4.2C8H6N3.5Ir/c1-8(12)11(9(2)13)10-6-4-3-5-7-10;5*1-12-8-7-11-10(12)9-5-3-2-4-6-9;1-12-7-10-11-9(12)8-5-3-2-4-6-8;1-11-7-6-10-12(11)8-2-4-9-5-3-8;1-4-10-11(7-1)8-2-5-9-6-3-8;1-2-4-8(5-3-1)11-7-9-6-10-11;;;;;/h3-7,12H,1-2H3;5*2-5,7-8H,1H3;2-5,7H,1H3;2,4-7H,1H3;1-2,4-7H;1-4,6-7H;;;;;/q;6*-1;;2*-1;;;;;.